The van der Waals surface area contributed by atoms with Gasteiger partial charge in [-0.15, -0.1) is 0 Å². The SMILES string of the molecule is O=C(OCc1ccccc1)c1ccc(N(Cc2cnc(C3CCCCC3)cn2)C(=O)[C@]2(OCc3ccccc3)CCN2S(=O)(=O)c2cc(F)c(F)c(F)c2)cc1. The van der Waals surface area contributed by atoms with Crippen molar-refractivity contribution in [2.24, 2.45) is 0 Å². The number of anilines is 1. The summed E-state index contributed by atoms with van der Waals surface area (Å²) in [6, 6.07) is 24.7. The largest absolute Gasteiger partial charge is 0.457 e. The van der Waals surface area contributed by atoms with E-state index in [4.69, 9.17) is 9.47 Å². The lowest BCUT2D eigenvalue weighted by Crippen LogP contribution is -2.70. The van der Waals surface area contributed by atoms with Crippen LogP contribution in [0.5, 0.6) is 0 Å². The first-order chi connectivity index (χ1) is 27.0. The van der Waals surface area contributed by atoms with Gasteiger partial charge >= 0.3 is 5.97 Å². The summed E-state index contributed by atoms with van der Waals surface area (Å²) in [7, 11) is -4.85. The first-order valence-electron chi connectivity index (χ1n) is 18.3. The van der Waals surface area contributed by atoms with Crippen molar-refractivity contribution in [2.45, 2.75) is 74.8 Å². The second-order valence-corrected chi connectivity index (χ2v) is 15.7. The zero-order valence-electron chi connectivity index (χ0n) is 30.3. The molecule has 56 heavy (non-hydrogen) atoms. The van der Waals surface area contributed by atoms with Crippen molar-refractivity contribution in [1.82, 2.24) is 14.3 Å². The van der Waals surface area contributed by atoms with Gasteiger partial charge in [-0.05, 0) is 60.4 Å². The summed E-state index contributed by atoms with van der Waals surface area (Å²) in [5, 5.41) is 0. The quantitative estimate of drug-likeness (QED) is 0.0876. The molecule has 0 spiro atoms. The second-order valence-electron chi connectivity index (χ2n) is 13.9. The molecule has 1 atom stereocenters. The summed E-state index contributed by atoms with van der Waals surface area (Å²) < 4.78 is 83.4. The minimum absolute atomic E-state index is 0.0506. The Balaban J connectivity index is 1.24. The maximum atomic E-state index is 15.1. The van der Waals surface area contributed by atoms with Crippen LogP contribution in [-0.2, 0) is 44.1 Å². The summed E-state index contributed by atoms with van der Waals surface area (Å²) >= 11 is 0. The minimum Gasteiger partial charge on any atom is -0.457 e. The van der Waals surface area contributed by atoms with Gasteiger partial charge in [-0.25, -0.2) is 26.4 Å². The molecular formula is C42H39F3N4O6S. The number of rotatable bonds is 13. The van der Waals surface area contributed by atoms with E-state index in [1.807, 2.05) is 30.3 Å². The third-order valence-corrected chi connectivity index (χ3v) is 12.1. The van der Waals surface area contributed by atoms with Gasteiger partial charge in [0.2, 0.25) is 15.7 Å². The molecule has 290 valence electrons. The Morgan fingerprint density at radius 3 is 2.00 bits per heavy atom. The summed E-state index contributed by atoms with van der Waals surface area (Å²) in [6.45, 7) is -0.590. The van der Waals surface area contributed by atoms with E-state index in [0.717, 1.165) is 41.2 Å². The highest BCUT2D eigenvalue weighted by atomic mass is 32.2. The first kappa shape index (κ1) is 38.8. The van der Waals surface area contributed by atoms with Crippen molar-refractivity contribution in [3.8, 4) is 0 Å². The van der Waals surface area contributed by atoms with Gasteiger partial charge in [0.05, 0.1) is 41.2 Å². The van der Waals surface area contributed by atoms with Crippen molar-refractivity contribution < 1.29 is 40.7 Å². The standard InChI is InChI=1S/C42H39F3N4O6S/c43-36-22-35(23-37(44)39(36)45)56(52,53)49-21-20-42(49,55-28-30-12-6-2-7-13-30)41(51)48(26-33-24-47-38(25-46-33)31-14-8-3-9-15-31)34-18-16-32(17-19-34)40(50)54-27-29-10-4-1-5-11-29/h1-2,4-7,10-13,16-19,22-25,31H,3,8-9,14-15,20-21,26-28H2/t42-/m1/s1. The average Bonchev–Trinajstić information content (AvgIpc) is 3.21. The molecule has 1 amide bonds. The molecule has 2 aliphatic rings. The molecule has 2 heterocycles. The van der Waals surface area contributed by atoms with E-state index in [2.05, 4.69) is 9.97 Å². The van der Waals surface area contributed by atoms with Crippen LogP contribution >= 0.6 is 0 Å². The fourth-order valence-electron chi connectivity index (χ4n) is 7.02. The Morgan fingerprint density at radius 2 is 1.43 bits per heavy atom. The molecule has 0 N–H and O–H groups in total. The third-order valence-electron chi connectivity index (χ3n) is 10.2. The Morgan fingerprint density at radius 1 is 0.804 bits per heavy atom. The molecule has 10 nitrogen and oxygen atoms in total. The smallest absolute Gasteiger partial charge is 0.338 e. The molecule has 0 bridgehead atoms. The van der Waals surface area contributed by atoms with Gasteiger partial charge in [0.25, 0.3) is 5.91 Å². The van der Waals surface area contributed by atoms with Crippen molar-refractivity contribution in [3.63, 3.8) is 0 Å². The van der Waals surface area contributed by atoms with Crippen LogP contribution in [0.15, 0.2) is 114 Å². The van der Waals surface area contributed by atoms with Gasteiger partial charge < -0.3 is 14.4 Å². The summed E-state index contributed by atoms with van der Waals surface area (Å²) in [4.78, 5) is 37.8. The van der Waals surface area contributed by atoms with E-state index in [0.29, 0.717) is 23.4 Å². The number of amides is 1. The predicted molar refractivity (Wildman–Crippen MR) is 200 cm³/mol. The van der Waals surface area contributed by atoms with Gasteiger partial charge in [-0.3, -0.25) is 14.8 Å². The van der Waals surface area contributed by atoms with Gasteiger partial charge in [0.15, 0.2) is 17.5 Å². The number of hydrogen-bond donors (Lipinski definition) is 0. The van der Waals surface area contributed by atoms with Crippen molar-refractivity contribution >= 4 is 27.6 Å². The lowest BCUT2D eigenvalue weighted by molar-refractivity contribution is -0.194. The van der Waals surface area contributed by atoms with Crippen LogP contribution in [-0.4, -0.2) is 46.8 Å². The summed E-state index contributed by atoms with van der Waals surface area (Å²) in [5.41, 5.74) is 0.920. The molecule has 1 saturated carbocycles. The third kappa shape index (κ3) is 8.23. The number of carbonyl (C=O) groups excluding carboxylic acids is 2. The normalized spacial score (nSPS) is 17.6. The number of hydrogen-bond acceptors (Lipinski definition) is 8. The molecule has 1 saturated heterocycles. The number of carbonyl (C=O) groups is 2. The number of esters is 1. The van der Waals surface area contributed by atoms with E-state index in [1.54, 1.807) is 42.7 Å². The topological polar surface area (TPSA) is 119 Å². The van der Waals surface area contributed by atoms with E-state index in [-0.39, 0.29) is 49.9 Å². The highest BCUT2D eigenvalue weighted by Gasteiger charge is 2.60. The fraction of sp³-hybridized carbons (Fsp3) is 0.286. The Kier molecular flexibility index (Phi) is 11.6. The lowest BCUT2D eigenvalue weighted by Gasteiger charge is -2.50. The highest BCUT2D eigenvalue weighted by molar-refractivity contribution is 7.89. The Hall–Kier alpha value is -5.44. The van der Waals surface area contributed by atoms with Gasteiger partial charge in [0.1, 0.15) is 6.61 Å². The summed E-state index contributed by atoms with van der Waals surface area (Å²) in [5.74, 6) is -6.38. The van der Waals surface area contributed by atoms with Crippen LogP contribution in [0.2, 0.25) is 0 Å². The molecule has 1 aromatic heterocycles. The monoisotopic (exact) mass is 784 g/mol. The fourth-order valence-corrected chi connectivity index (χ4v) is 8.72. The van der Waals surface area contributed by atoms with E-state index >= 15 is 4.79 Å². The minimum atomic E-state index is -4.85. The first-order valence-corrected chi connectivity index (χ1v) is 19.8. The predicted octanol–water partition coefficient (Wildman–Crippen LogP) is 7.84. The Labute approximate surface area is 323 Å². The van der Waals surface area contributed by atoms with E-state index < -0.39 is 50.0 Å². The summed E-state index contributed by atoms with van der Waals surface area (Å²) in [6.07, 6.45) is 8.54. The number of aromatic nitrogens is 2. The van der Waals surface area contributed by atoms with Gasteiger partial charge in [0, 0.05) is 30.8 Å². The van der Waals surface area contributed by atoms with Crippen molar-refractivity contribution in [3.05, 3.63) is 155 Å². The molecular weight excluding hydrogens is 746 g/mol. The van der Waals surface area contributed by atoms with Crippen LogP contribution in [0.3, 0.4) is 0 Å². The molecule has 14 heteroatoms. The average molecular weight is 785 g/mol. The van der Waals surface area contributed by atoms with Crippen LogP contribution in [0.1, 0.15) is 77.3 Å². The van der Waals surface area contributed by atoms with Crippen LogP contribution in [0.25, 0.3) is 0 Å². The second kappa shape index (κ2) is 16.7. The molecule has 7 rings (SSSR count). The number of halogens is 3. The molecule has 5 aromatic rings. The van der Waals surface area contributed by atoms with Crippen LogP contribution in [0, 0.1) is 17.5 Å². The van der Waals surface area contributed by atoms with Crippen LogP contribution in [0.4, 0.5) is 18.9 Å². The van der Waals surface area contributed by atoms with Gasteiger partial charge in [-0.2, -0.15) is 4.31 Å². The molecule has 1 aliphatic heterocycles. The lowest BCUT2D eigenvalue weighted by atomic mass is 9.87. The Bertz CT molecular complexity index is 2250. The zero-order chi connectivity index (χ0) is 39.3. The maximum Gasteiger partial charge on any atom is 0.338 e. The van der Waals surface area contributed by atoms with E-state index in [1.165, 1.54) is 35.6 Å². The van der Waals surface area contributed by atoms with Gasteiger partial charge in [-0.1, -0.05) is 79.9 Å². The van der Waals surface area contributed by atoms with Crippen molar-refractivity contribution in [1.29, 1.82) is 0 Å². The number of sulfonamides is 1. The molecule has 2 fully saturated rings. The zero-order valence-corrected chi connectivity index (χ0v) is 31.1. The molecule has 0 radical (unpaired) electrons. The number of nitrogens with zero attached hydrogens (tertiary/aromatic N) is 4. The van der Waals surface area contributed by atoms with Crippen LogP contribution < -0.4 is 4.90 Å². The highest BCUT2D eigenvalue weighted by Crippen LogP contribution is 2.41. The maximum absolute atomic E-state index is 15.1. The molecule has 0 unspecified atom stereocenters. The van der Waals surface area contributed by atoms with Crippen molar-refractivity contribution in [2.75, 3.05) is 11.4 Å². The molecule has 1 aliphatic carbocycles. The number of benzene rings is 4. The number of ether oxygens (including phenoxy) is 2. The molecule has 4 aromatic carbocycles. The van der Waals surface area contributed by atoms with E-state index in [9.17, 15) is 26.4 Å².